The van der Waals surface area contributed by atoms with Gasteiger partial charge in [0.25, 0.3) is 0 Å². The lowest BCUT2D eigenvalue weighted by atomic mass is 9.92. The van der Waals surface area contributed by atoms with Crippen molar-refractivity contribution in [3.63, 3.8) is 0 Å². The van der Waals surface area contributed by atoms with Crippen molar-refractivity contribution in [1.82, 2.24) is 15.5 Å². The molecule has 2 N–H and O–H groups in total. The zero-order valence-corrected chi connectivity index (χ0v) is 13.4. The van der Waals surface area contributed by atoms with E-state index in [2.05, 4.69) is 28.5 Å². The van der Waals surface area contributed by atoms with Gasteiger partial charge in [-0.3, -0.25) is 5.10 Å². The summed E-state index contributed by atoms with van der Waals surface area (Å²) in [4.78, 5) is 0. The van der Waals surface area contributed by atoms with Crippen molar-refractivity contribution in [2.45, 2.75) is 44.8 Å². The smallest absolute Gasteiger partial charge is 0.123 e. The molecule has 0 spiro atoms. The van der Waals surface area contributed by atoms with Crippen LogP contribution in [0.2, 0.25) is 0 Å². The first-order chi connectivity index (χ1) is 10.8. The van der Waals surface area contributed by atoms with E-state index in [1.165, 1.54) is 18.4 Å². The summed E-state index contributed by atoms with van der Waals surface area (Å²) in [6.45, 7) is 3.77. The van der Waals surface area contributed by atoms with E-state index >= 15 is 0 Å². The molecule has 0 bridgehead atoms. The van der Waals surface area contributed by atoms with Gasteiger partial charge in [-0.05, 0) is 44.7 Å². The van der Waals surface area contributed by atoms with E-state index in [9.17, 15) is 0 Å². The fraction of sp³-hybridized carbons (Fsp3) is 0.588. The van der Waals surface area contributed by atoms with E-state index < -0.39 is 0 Å². The third-order valence-corrected chi connectivity index (χ3v) is 4.50. The number of nitrogens with zero attached hydrogens (tertiary/aromatic N) is 1. The number of fused-ring (bicyclic) bond motifs is 1. The second-order valence-corrected chi connectivity index (χ2v) is 6.07. The van der Waals surface area contributed by atoms with Crippen LogP contribution in [0.1, 0.15) is 31.2 Å². The van der Waals surface area contributed by atoms with Gasteiger partial charge in [0, 0.05) is 30.6 Å². The average Bonchev–Trinajstić information content (AvgIpc) is 3.00. The highest BCUT2D eigenvalue weighted by Gasteiger charge is 2.23. The zero-order chi connectivity index (χ0) is 15.4. The molecule has 2 aromatic rings. The van der Waals surface area contributed by atoms with Gasteiger partial charge in [-0.25, -0.2) is 0 Å². The van der Waals surface area contributed by atoms with Gasteiger partial charge in [0.1, 0.15) is 11.9 Å². The van der Waals surface area contributed by atoms with Crippen LogP contribution >= 0.6 is 0 Å². The number of benzene rings is 1. The van der Waals surface area contributed by atoms with Crippen molar-refractivity contribution >= 4 is 10.9 Å². The van der Waals surface area contributed by atoms with Crippen molar-refractivity contribution in [3.05, 3.63) is 23.9 Å². The van der Waals surface area contributed by atoms with E-state index in [4.69, 9.17) is 9.47 Å². The van der Waals surface area contributed by atoms with Gasteiger partial charge in [-0.2, -0.15) is 5.10 Å². The number of aromatic nitrogens is 2. The number of H-pyrrole nitrogens is 1. The highest BCUT2D eigenvalue weighted by molar-refractivity contribution is 5.83. The number of aromatic amines is 1. The topological polar surface area (TPSA) is 59.2 Å². The molecular formula is C17H25N3O2. The SMILES string of the molecule is COCCN[C@@H]1CCC[C@H](Oc2ccc3[nH]ncc3c2C)C1. The Morgan fingerprint density at radius 2 is 2.27 bits per heavy atom. The van der Waals surface area contributed by atoms with Crippen LogP contribution in [-0.4, -0.2) is 42.6 Å². The molecule has 5 nitrogen and oxygen atoms in total. The van der Waals surface area contributed by atoms with E-state index in [1.54, 1.807) is 7.11 Å². The molecule has 120 valence electrons. The minimum atomic E-state index is 0.289. The number of ether oxygens (including phenoxy) is 2. The molecule has 1 fully saturated rings. The van der Waals surface area contributed by atoms with Gasteiger partial charge < -0.3 is 14.8 Å². The maximum atomic E-state index is 6.29. The summed E-state index contributed by atoms with van der Waals surface area (Å²) in [5.74, 6) is 0.983. The number of methoxy groups -OCH3 is 1. The zero-order valence-electron chi connectivity index (χ0n) is 13.4. The molecule has 0 radical (unpaired) electrons. The Morgan fingerprint density at radius 3 is 3.14 bits per heavy atom. The Kier molecular flexibility index (Phi) is 4.95. The minimum Gasteiger partial charge on any atom is -0.490 e. The second kappa shape index (κ2) is 7.11. The normalized spacial score (nSPS) is 22.1. The maximum Gasteiger partial charge on any atom is 0.123 e. The second-order valence-electron chi connectivity index (χ2n) is 6.07. The summed E-state index contributed by atoms with van der Waals surface area (Å²) in [5, 5.41) is 11.8. The Balaban J connectivity index is 1.62. The quantitative estimate of drug-likeness (QED) is 0.806. The Bertz CT molecular complexity index is 611. The minimum absolute atomic E-state index is 0.289. The Hall–Kier alpha value is -1.59. The summed E-state index contributed by atoms with van der Waals surface area (Å²) < 4.78 is 11.4. The number of rotatable bonds is 6. The lowest BCUT2D eigenvalue weighted by Gasteiger charge is -2.30. The molecule has 1 aromatic heterocycles. The fourth-order valence-electron chi connectivity index (χ4n) is 3.25. The Morgan fingerprint density at radius 1 is 1.36 bits per heavy atom. The Labute approximate surface area is 131 Å². The molecule has 0 saturated heterocycles. The highest BCUT2D eigenvalue weighted by atomic mass is 16.5. The van der Waals surface area contributed by atoms with Gasteiger partial charge in [0.15, 0.2) is 0 Å². The van der Waals surface area contributed by atoms with Gasteiger partial charge in [0.2, 0.25) is 0 Å². The fourth-order valence-corrected chi connectivity index (χ4v) is 3.25. The predicted molar refractivity (Wildman–Crippen MR) is 87.4 cm³/mol. The third kappa shape index (κ3) is 3.42. The largest absolute Gasteiger partial charge is 0.490 e. The lowest BCUT2D eigenvalue weighted by Crippen LogP contribution is -2.39. The van der Waals surface area contributed by atoms with Crippen LogP contribution in [-0.2, 0) is 4.74 Å². The predicted octanol–water partition coefficient (Wildman–Crippen LogP) is 2.80. The molecule has 3 rings (SSSR count). The van der Waals surface area contributed by atoms with Gasteiger partial charge >= 0.3 is 0 Å². The molecule has 1 saturated carbocycles. The number of hydrogen-bond acceptors (Lipinski definition) is 4. The first kappa shape index (κ1) is 15.3. The first-order valence-corrected chi connectivity index (χ1v) is 8.09. The highest BCUT2D eigenvalue weighted by Crippen LogP contribution is 2.29. The van der Waals surface area contributed by atoms with Crippen LogP contribution < -0.4 is 10.1 Å². The van der Waals surface area contributed by atoms with Crippen molar-refractivity contribution in [2.75, 3.05) is 20.3 Å². The summed E-state index contributed by atoms with van der Waals surface area (Å²) in [7, 11) is 1.74. The van der Waals surface area contributed by atoms with Crippen LogP contribution in [0.4, 0.5) is 0 Å². The molecular weight excluding hydrogens is 278 g/mol. The molecule has 0 amide bonds. The van der Waals surface area contributed by atoms with Crippen molar-refractivity contribution < 1.29 is 9.47 Å². The van der Waals surface area contributed by atoms with Crippen LogP contribution in [0, 0.1) is 6.92 Å². The molecule has 5 heteroatoms. The molecule has 2 atom stereocenters. The molecule has 1 aliphatic carbocycles. The molecule has 1 heterocycles. The summed E-state index contributed by atoms with van der Waals surface area (Å²) in [5.41, 5.74) is 2.23. The molecule has 1 aromatic carbocycles. The average molecular weight is 303 g/mol. The van der Waals surface area contributed by atoms with Crippen LogP contribution in [0.5, 0.6) is 5.75 Å². The summed E-state index contributed by atoms with van der Waals surface area (Å²) in [6, 6.07) is 4.63. The van der Waals surface area contributed by atoms with Gasteiger partial charge in [-0.15, -0.1) is 0 Å². The first-order valence-electron chi connectivity index (χ1n) is 8.09. The van der Waals surface area contributed by atoms with Gasteiger partial charge in [0.05, 0.1) is 18.3 Å². The standard InChI is InChI=1S/C17H25N3O2/c1-12-15-11-19-20-16(15)6-7-17(12)22-14-5-3-4-13(10-14)18-8-9-21-2/h6-7,11,13-14,18H,3-5,8-10H2,1-2H3,(H,19,20)/t13-,14+/m1/s1. The summed E-state index contributed by atoms with van der Waals surface area (Å²) in [6.07, 6.45) is 6.79. The molecule has 0 unspecified atom stereocenters. The number of hydrogen-bond donors (Lipinski definition) is 2. The lowest BCUT2D eigenvalue weighted by molar-refractivity contribution is 0.128. The summed E-state index contributed by atoms with van der Waals surface area (Å²) >= 11 is 0. The van der Waals surface area contributed by atoms with Crippen LogP contribution in [0.15, 0.2) is 18.3 Å². The number of aryl methyl sites for hydroxylation is 1. The van der Waals surface area contributed by atoms with E-state index in [-0.39, 0.29) is 6.10 Å². The van der Waals surface area contributed by atoms with Crippen molar-refractivity contribution in [2.24, 2.45) is 0 Å². The molecule has 22 heavy (non-hydrogen) atoms. The van der Waals surface area contributed by atoms with E-state index in [0.29, 0.717) is 6.04 Å². The maximum absolute atomic E-state index is 6.29. The van der Waals surface area contributed by atoms with Gasteiger partial charge in [-0.1, -0.05) is 0 Å². The molecule has 1 aliphatic rings. The van der Waals surface area contributed by atoms with Crippen LogP contribution in [0.3, 0.4) is 0 Å². The number of nitrogens with one attached hydrogen (secondary N) is 2. The van der Waals surface area contributed by atoms with E-state index in [0.717, 1.165) is 42.6 Å². The third-order valence-electron chi connectivity index (χ3n) is 4.50. The van der Waals surface area contributed by atoms with E-state index in [1.807, 2.05) is 12.3 Å². The monoisotopic (exact) mass is 303 g/mol. The van der Waals surface area contributed by atoms with Crippen molar-refractivity contribution in [3.8, 4) is 5.75 Å². The van der Waals surface area contributed by atoms with Crippen molar-refractivity contribution in [1.29, 1.82) is 0 Å². The van der Waals surface area contributed by atoms with Crippen LogP contribution in [0.25, 0.3) is 10.9 Å². The molecule has 0 aliphatic heterocycles.